The Hall–Kier alpha value is -1.22. The van der Waals surface area contributed by atoms with E-state index in [0.717, 1.165) is 26.2 Å². The maximum atomic E-state index is 11.4. The van der Waals surface area contributed by atoms with E-state index >= 15 is 0 Å². The molecule has 1 heterocycles. The maximum Gasteiger partial charge on any atom is 0.237 e. The Bertz CT molecular complexity index is 400. The lowest BCUT2D eigenvalue weighted by Crippen LogP contribution is -2.49. The first-order valence-corrected chi connectivity index (χ1v) is 6.39. The molecule has 1 saturated heterocycles. The zero-order valence-electron chi connectivity index (χ0n) is 10.0. The molecule has 0 aliphatic carbocycles. The van der Waals surface area contributed by atoms with Gasteiger partial charge < -0.3 is 9.80 Å². The number of amides is 1. The lowest BCUT2D eigenvalue weighted by molar-refractivity contribution is -0.128. The Morgan fingerprint density at radius 1 is 1.29 bits per heavy atom. The number of aryl methyl sites for hydroxylation is 1. The highest BCUT2D eigenvalue weighted by Crippen LogP contribution is 2.17. The number of carbonyl (C=O) groups excluding carboxylic acids is 1. The Balaban J connectivity index is 1.97. The fraction of sp³-hybridized carbons (Fsp3) is 0.462. The monoisotopic (exact) mass is 252 g/mol. The predicted molar refractivity (Wildman–Crippen MR) is 70.7 cm³/mol. The molecule has 1 aromatic carbocycles. The zero-order chi connectivity index (χ0) is 12.3. The SMILES string of the molecule is Cc1cccc(N2CCN(C(=O)CCl)CC2)c1. The predicted octanol–water partition coefficient (Wildman–Crippen LogP) is 1.88. The van der Waals surface area contributed by atoms with E-state index in [-0.39, 0.29) is 11.8 Å². The van der Waals surface area contributed by atoms with Crippen molar-refractivity contribution < 1.29 is 4.79 Å². The van der Waals surface area contributed by atoms with Crippen molar-refractivity contribution in [3.63, 3.8) is 0 Å². The average Bonchev–Trinajstić information content (AvgIpc) is 2.38. The normalized spacial score (nSPS) is 16.1. The molecule has 1 aromatic rings. The van der Waals surface area contributed by atoms with Gasteiger partial charge in [0.2, 0.25) is 5.91 Å². The molecule has 1 fully saturated rings. The third-order valence-electron chi connectivity index (χ3n) is 3.11. The number of hydrogen-bond donors (Lipinski definition) is 0. The van der Waals surface area contributed by atoms with Crippen molar-refractivity contribution in [2.75, 3.05) is 37.0 Å². The number of rotatable bonds is 2. The summed E-state index contributed by atoms with van der Waals surface area (Å²) in [7, 11) is 0. The van der Waals surface area contributed by atoms with E-state index in [1.165, 1.54) is 11.3 Å². The van der Waals surface area contributed by atoms with Crippen LogP contribution in [0.3, 0.4) is 0 Å². The topological polar surface area (TPSA) is 23.6 Å². The van der Waals surface area contributed by atoms with Crippen molar-refractivity contribution in [1.82, 2.24) is 4.90 Å². The smallest absolute Gasteiger partial charge is 0.237 e. The maximum absolute atomic E-state index is 11.4. The van der Waals surface area contributed by atoms with Crippen LogP contribution < -0.4 is 4.90 Å². The molecular formula is C13H17ClN2O. The molecule has 0 radical (unpaired) electrons. The minimum Gasteiger partial charge on any atom is -0.368 e. The van der Waals surface area contributed by atoms with Gasteiger partial charge in [0.25, 0.3) is 0 Å². The van der Waals surface area contributed by atoms with Gasteiger partial charge in [-0.05, 0) is 24.6 Å². The van der Waals surface area contributed by atoms with Crippen LogP contribution in [-0.2, 0) is 4.79 Å². The summed E-state index contributed by atoms with van der Waals surface area (Å²) in [5, 5.41) is 0. The average molecular weight is 253 g/mol. The molecular weight excluding hydrogens is 236 g/mol. The summed E-state index contributed by atoms with van der Waals surface area (Å²) in [5.74, 6) is 0.125. The molecule has 0 N–H and O–H groups in total. The molecule has 3 nitrogen and oxygen atoms in total. The lowest BCUT2D eigenvalue weighted by atomic mass is 10.2. The largest absolute Gasteiger partial charge is 0.368 e. The molecule has 0 saturated carbocycles. The first-order chi connectivity index (χ1) is 8.20. The second-order valence-electron chi connectivity index (χ2n) is 4.34. The van der Waals surface area contributed by atoms with E-state index in [2.05, 4.69) is 36.1 Å². The van der Waals surface area contributed by atoms with Gasteiger partial charge in [0, 0.05) is 31.9 Å². The van der Waals surface area contributed by atoms with Crippen LogP contribution in [0, 0.1) is 6.92 Å². The van der Waals surface area contributed by atoms with Gasteiger partial charge in [0.05, 0.1) is 0 Å². The van der Waals surface area contributed by atoms with Crippen LogP contribution in [-0.4, -0.2) is 42.9 Å². The van der Waals surface area contributed by atoms with E-state index in [1.807, 2.05) is 4.90 Å². The first-order valence-electron chi connectivity index (χ1n) is 5.86. The van der Waals surface area contributed by atoms with Crippen LogP contribution in [0.4, 0.5) is 5.69 Å². The van der Waals surface area contributed by atoms with E-state index in [4.69, 9.17) is 11.6 Å². The number of anilines is 1. The molecule has 92 valence electrons. The highest BCUT2D eigenvalue weighted by atomic mass is 35.5. The lowest BCUT2D eigenvalue weighted by Gasteiger charge is -2.36. The second kappa shape index (κ2) is 5.41. The summed E-state index contributed by atoms with van der Waals surface area (Å²) in [5.41, 5.74) is 2.50. The number of halogens is 1. The number of piperazine rings is 1. The van der Waals surface area contributed by atoms with Gasteiger partial charge in [0.1, 0.15) is 5.88 Å². The van der Waals surface area contributed by atoms with E-state index < -0.39 is 0 Å². The molecule has 1 amide bonds. The van der Waals surface area contributed by atoms with E-state index in [9.17, 15) is 4.79 Å². The molecule has 0 unspecified atom stereocenters. The van der Waals surface area contributed by atoms with Crippen molar-refractivity contribution in [1.29, 1.82) is 0 Å². The fourth-order valence-corrected chi connectivity index (χ4v) is 2.29. The fourth-order valence-electron chi connectivity index (χ4n) is 2.12. The van der Waals surface area contributed by atoms with Gasteiger partial charge in [-0.2, -0.15) is 0 Å². The third-order valence-corrected chi connectivity index (χ3v) is 3.34. The number of nitrogens with zero attached hydrogens (tertiary/aromatic N) is 2. The standard InChI is InChI=1S/C13H17ClN2O/c1-11-3-2-4-12(9-11)15-5-7-16(8-6-15)13(17)10-14/h2-4,9H,5-8,10H2,1H3. The molecule has 17 heavy (non-hydrogen) atoms. The van der Waals surface area contributed by atoms with Gasteiger partial charge in [0.15, 0.2) is 0 Å². The zero-order valence-corrected chi connectivity index (χ0v) is 10.8. The van der Waals surface area contributed by atoms with Gasteiger partial charge in [-0.25, -0.2) is 0 Å². The summed E-state index contributed by atoms with van der Waals surface area (Å²) in [6.07, 6.45) is 0. The highest BCUT2D eigenvalue weighted by molar-refractivity contribution is 6.27. The Kier molecular flexibility index (Phi) is 3.89. The minimum absolute atomic E-state index is 0.0376. The Morgan fingerprint density at radius 3 is 2.59 bits per heavy atom. The quantitative estimate of drug-likeness (QED) is 0.751. The van der Waals surface area contributed by atoms with Crippen molar-refractivity contribution in [3.05, 3.63) is 29.8 Å². The molecule has 1 aliphatic heterocycles. The van der Waals surface area contributed by atoms with Crippen LogP contribution in [0.2, 0.25) is 0 Å². The van der Waals surface area contributed by atoms with Crippen molar-refractivity contribution >= 4 is 23.2 Å². The number of hydrogen-bond acceptors (Lipinski definition) is 2. The van der Waals surface area contributed by atoms with Gasteiger partial charge >= 0.3 is 0 Å². The first kappa shape index (κ1) is 12.2. The van der Waals surface area contributed by atoms with Crippen molar-refractivity contribution in [3.8, 4) is 0 Å². The van der Waals surface area contributed by atoms with Gasteiger partial charge in [-0.15, -0.1) is 11.6 Å². The second-order valence-corrected chi connectivity index (χ2v) is 4.61. The summed E-state index contributed by atoms with van der Waals surface area (Å²) in [6, 6.07) is 8.46. The van der Waals surface area contributed by atoms with Crippen LogP contribution in [0.5, 0.6) is 0 Å². The minimum atomic E-state index is 0.0376. The molecule has 0 spiro atoms. The summed E-state index contributed by atoms with van der Waals surface area (Å²) in [4.78, 5) is 15.6. The number of benzene rings is 1. The molecule has 2 rings (SSSR count). The molecule has 0 bridgehead atoms. The number of alkyl halides is 1. The van der Waals surface area contributed by atoms with E-state index in [0.29, 0.717) is 0 Å². The van der Waals surface area contributed by atoms with Crippen molar-refractivity contribution in [2.24, 2.45) is 0 Å². The molecule has 0 atom stereocenters. The molecule has 1 aliphatic rings. The van der Waals surface area contributed by atoms with Gasteiger partial charge in [-0.3, -0.25) is 4.79 Å². The van der Waals surface area contributed by atoms with Crippen LogP contribution >= 0.6 is 11.6 Å². The molecule has 0 aromatic heterocycles. The van der Waals surface area contributed by atoms with Crippen LogP contribution in [0.1, 0.15) is 5.56 Å². The summed E-state index contributed by atoms with van der Waals surface area (Å²) < 4.78 is 0. The summed E-state index contributed by atoms with van der Waals surface area (Å²) in [6.45, 7) is 5.38. The summed E-state index contributed by atoms with van der Waals surface area (Å²) >= 11 is 5.55. The van der Waals surface area contributed by atoms with Gasteiger partial charge in [-0.1, -0.05) is 12.1 Å². The Labute approximate surface area is 107 Å². The van der Waals surface area contributed by atoms with E-state index in [1.54, 1.807) is 0 Å². The van der Waals surface area contributed by atoms with Crippen LogP contribution in [0.25, 0.3) is 0 Å². The molecule has 4 heteroatoms. The third kappa shape index (κ3) is 2.91. The Morgan fingerprint density at radius 2 is 2.00 bits per heavy atom. The highest BCUT2D eigenvalue weighted by Gasteiger charge is 2.20. The van der Waals surface area contributed by atoms with Crippen molar-refractivity contribution in [2.45, 2.75) is 6.92 Å². The van der Waals surface area contributed by atoms with Crippen LogP contribution in [0.15, 0.2) is 24.3 Å². The number of carbonyl (C=O) groups is 1.